The van der Waals surface area contributed by atoms with Crippen LogP contribution in [0.25, 0.3) is 0 Å². The first-order valence-corrected chi connectivity index (χ1v) is 12.0. The molecule has 0 N–H and O–H groups in total. The summed E-state index contributed by atoms with van der Waals surface area (Å²) in [7, 11) is 7.21. The van der Waals surface area contributed by atoms with Gasteiger partial charge in [0.05, 0.1) is 0 Å². The molecule has 0 heterocycles. The summed E-state index contributed by atoms with van der Waals surface area (Å²) < 4.78 is 0. The van der Waals surface area contributed by atoms with Crippen LogP contribution in [0.4, 0.5) is 0 Å². The normalized spacial score (nSPS) is 27.9. The van der Waals surface area contributed by atoms with Crippen LogP contribution in [0.1, 0.15) is 18.1 Å². The number of rotatable bonds is 2. The maximum absolute atomic E-state index is 3.10. The number of benzene rings is 1. The Balaban J connectivity index is 2.22. The molecule has 6 unspecified atom stereocenters. The quantitative estimate of drug-likeness (QED) is 0.699. The van der Waals surface area contributed by atoms with E-state index in [4.69, 9.17) is 0 Å². The Morgan fingerprint density at radius 1 is 1.27 bits per heavy atom. The van der Waals surface area contributed by atoms with Gasteiger partial charge in [-0.05, 0) is 35.5 Å². The predicted molar refractivity (Wildman–Crippen MR) is 81.5 cm³/mol. The molecule has 0 saturated heterocycles. The molecule has 4 heteroatoms. The Bertz CT molecular complexity index is 339. The van der Waals surface area contributed by atoms with Crippen LogP contribution in [0.5, 0.6) is 0 Å². The van der Waals surface area contributed by atoms with E-state index in [0.29, 0.717) is 0 Å². The first-order valence-electron chi connectivity index (χ1n) is 5.29. The Kier molecular flexibility index (Phi) is 4.56. The second kappa shape index (κ2) is 5.52. The van der Waals surface area contributed by atoms with Gasteiger partial charge >= 0.3 is 0 Å². The Morgan fingerprint density at radius 2 is 1.87 bits per heavy atom. The minimum Gasteiger partial charge on any atom is -0.110 e. The van der Waals surface area contributed by atoms with E-state index >= 15 is 0 Å². The summed E-state index contributed by atoms with van der Waals surface area (Å²) in [5.74, 6) is 0.858. The molecule has 0 amide bonds. The zero-order valence-corrected chi connectivity index (χ0v) is 13.2. The predicted octanol–water partition coefficient (Wildman–Crippen LogP) is 4.45. The zero-order chi connectivity index (χ0) is 10.8. The SMILES string of the molecule is CC1Cc2ccccc2CC1P(P)PP. The van der Waals surface area contributed by atoms with E-state index < -0.39 is 0 Å². The van der Waals surface area contributed by atoms with E-state index in [1.165, 1.54) is 12.8 Å². The van der Waals surface area contributed by atoms with Crippen LogP contribution in [-0.4, -0.2) is 5.66 Å². The number of hydrogen-bond acceptors (Lipinski definition) is 0. The summed E-state index contributed by atoms with van der Waals surface area (Å²) in [4.78, 5) is 0. The highest BCUT2D eigenvalue weighted by molar-refractivity contribution is 8.61. The van der Waals surface area contributed by atoms with E-state index in [2.05, 4.69) is 49.0 Å². The van der Waals surface area contributed by atoms with Crippen molar-refractivity contribution in [2.75, 3.05) is 0 Å². The molecule has 1 aliphatic rings. The summed E-state index contributed by atoms with van der Waals surface area (Å²) >= 11 is 0. The molecule has 15 heavy (non-hydrogen) atoms. The molecule has 0 bridgehead atoms. The highest BCUT2D eigenvalue weighted by Crippen LogP contribution is 2.71. The van der Waals surface area contributed by atoms with Crippen molar-refractivity contribution in [1.29, 1.82) is 0 Å². The fraction of sp³-hybridized carbons (Fsp3) is 0.455. The third-order valence-electron chi connectivity index (χ3n) is 3.25. The molecular formula is C11H18P4. The third kappa shape index (κ3) is 2.79. The lowest BCUT2D eigenvalue weighted by Crippen LogP contribution is -2.24. The van der Waals surface area contributed by atoms with Crippen LogP contribution < -0.4 is 0 Å². The number of fused-ring (bicyclic) bond motifs is 1. The molecular weight excluding hydrogens is 256 g/mol. The Hall–Kier alpha value is 0.940. The van der Waals surface area contributed by atoms with Crippen molar-refractivity contribution in [3.05, 3.63) is 35.4 Å². The Morgan fingerprint density at radius 3 is 2.47 bits per heavy atom. The fourth-order valence-electron chi connectivity index (χ4n) is 2.33. The van der Waals surface area contributed by atoms with Gasteiger partial charge in [0.1, 0.15) is 0 Å². The molecule has 1 aliphatic carbocycles. The van der Waals surface area contributed by atoms with Gasteiger partial charge in [-0.2, -0.15) is 0 Å². The summed E-state index contributed by atoms with van der Waals surface area (Å²) in [5.41, 5.74) is 4.09. The van der Waals surface area contributed by atoms with Crippen molar-refractivity contribution in [3.63, 3.8) is 0 Å². The maximum atomic E-state index is 3.10. The molecule has 1 aromatic carbocycles. The standard InChI is InChI=1S/C11H18P4/c1-8-6-9-4-2-3-5-10(9)7-11(8)15(13)14-12/h2-5,8,11,14H,6-7,12-13H2,1H3. The van der Waals surface area contributed by atoms with Crippen LogP contribution in [0.15, 0.2) is 24.3 Å². The molecule has 0 aliphatic heterocycles. The van der Waals surface area contributed by atoms with Crippen molar-refractivity contribution < 1.29 is 0 Å². The molecule has 0 spiro atoms. The van der Waals surface area contributed by atoms with E-state index in [0.717, 1.165) is 19.5 Å². The van der Waals surface area contributed by atoms with Crippen molar-refractivity contribution in [3.8, 4) is 0 Å². The first-order chi connectivity index (χ1) is 7.22. The van der Waals surface area contributed by atoms with Gasteiger partial charge in [0.25, 0.3) is 0 Å². The van der Waals surface area contributed by atoms with E-state index in [9.17, 15) is 0 Å². The molecule has 0 fully saturated rings. The van der Waals surface area contributed by atoms with Crippen molar-refractivity contribution in [1.82, 2.24) is 0 Å². The molecule has 0 nitrogen and oxygen atoms in total. The van der Waals surface area contributed by atoms with Crippen LogP contribution in [0, 0.1) is 5.92 Å². The second-order valence-corrected chi connectivity index (χ2v) is 13.9. The summed E-state index contributed by atoms with van der Waals surface area (Å²) in [5, 5.41) is 0. The smallest absolute Gasteiger partial charge is 0.00665 e. The minimum atomic E-state index is 0.147. The van der Waals surface area contributed by atoms with Crippen molar-refractivity contribution in [2.45, 2.75) is 25.4 Å². The first kappa shape index (κ1) is 12.4. The van der Waals surface area contributed by atoms with Crippen LogP contribution >= 0.6 is 33.1 Å². The molecule has 6 atom stereocenters. The van der Waals surface area contributed by atoms with Crippen molar-refractivity contribution >= 4 is 33.1 Å². The van der Waals surface area contributed by atoms with E-state index in [1.54, 1.807) is 11.1 Å². The minimum absolute atomic E-state index is 0.147. The van der Waals surface area contributed by atoms with Crippen LogP contribution in [0.3, 0.4) is 0 Å². The summed E-state index contributed by atoms with van der Waals surface area (Å²) in [6.45, 7) is 2.42. The van der Waals surface area contributed by atoms with E-state index in [-0.39, 0.29) is 7.30 Å². The summed E-state index contributed by atoms with van der Waals surface area (Å²) in [6.07, 6.45) is 2.58. The van der Waals surface area contributed by atoms with Gasteiger partial charge in [-0.1, -0.05) is 46.4 Å². The van der Waals surface area contributed by atoms with Gasteiger partial charge in [0.2, 0.25) is 0 Å². The average Bonchev–Trinajstić information content (AvgIpc) is 2.27. The fourth-order valence-corrected chi connectivity index (χ4v) is 8.10. The molecule has 1 aromatic rings. The summed E-state index contributed by atoms with van der Waals surface area (Å²) in [6, 6.07) is 8.97. The topological polar surface area (TPSA) is 0 Å². The monoisotopic (exact) mass is 274 g/mol. The maximum Gasteiger partial charge on any atom is -0.00665 e. The zero-order valence-electron chi connectivity index (χ0n) is 8.98. The molecule has 0 saturated carbocycles. The average molecular weight is 274 g/mol. The number of hydrogen-bond donors (Lipinski definition) is 0. The van der Waals surface area contributed by atoms with Gasteiger partial charge in [-0.15, -0.1) is 17.9 Å². The van der Waals surface area contributed by atoms with E-state index in [1.807, 2.05) is 0 Å². The third-order valence-corrected chi connectivity index (χ3v) is 14.7. The molecule has 2 rings (SSSR count). The second-order valence-electron chi connectivity index (χ2n) is 4.26. The van der Waals surface area contributed by atoms with Gasteiger partial charge in [-0.25, -0.2) is 0 Å². The highest BCUT2D eigenvalue weighted by Gasteiger charge is 2.28. The largest absolute Gasteiger partial charge is 0.110 e. The molecule has 82 valence electrons. The van der Waals surface area contributed by atoms with Gasteiger partial charge in [0.15, 0.2) is 0 Å². The lowest BCUT2D eigenvalue weighted by atomic mass is 9.84. The van der Waals surface area contributed by atoms with Crippen LogP contribution in [0.2, 0.25) is 0 Å². The van der Waals surface area contributed by atoms with Gasteiger partial charge < -0.3 is 0 Å². The van der Waals surface area contributed by atoms with Crippen molar-refractivity contribution in [2.24, 2.45) is 5.92 Å². The molecule has 0 aromatic heterocycles. The lowest BCUT2D eigenvalue weighted by Gasteiger charge is -2.34. The van der Waals surface area contributed by atoms with Gasteiger partial charge in [-0.3, -0.25) is 0 Å². The lowest BCUT2D eigenvalue weighted by molar-refractivity contribution is 0.514. The molecule has 0 radical (unpaired) electrons. The Labute approximate surface area is 100 Å². The highest BCUT2D eigenvalue weighted by atomic mass is 32.6. The van der Waals surface area contributed by atoms with Crippen LogP contribution in [-0.2, 0) is 12.8 Å². The van der Waals surface area contributed by atoms with Gasteiger partial charge in [0, 0.05) is 0 Å².